The van der Waals surface area contributed by atoms with Crippen LogP contribution in [-0.2, 0) is 11.2 Å². The number of carbonyl (C=O) groups excluding carboxylic acids is 1. The summed E-state index contributed by atoms with van der Waals surface area (Å²) in [6, 6.07) is 9.56. The average Bonchev–Trinajstić information content (AvgIpc) is 2.25. The van der Waals surface area contributed by atoms with Gasteiger partial charge in [0.1, 0.15) is 5.78 Å². The van der Waals surface area contributed by atoms with Crippen LogP contribution in [0.25, 0.3) is 0 Å². The third kappa shape index (κ3) is 3.21. The summed E-state index contributed by atoms with van der Waals surface area (Å²) in [4.78, 5) is 11.3. The van der Waals surface area contributed by atoms with E-state index in [2.05, 4.69) is 6.07 Å². The second-order valence-electron chi connectivity index (χ2n) is 3.73. The number of carbonyl (C=O) groups is 1. The third-order valence-corrected chi connectivity index (χ3v) is 2.61. The quantitative estimate of drug-likeness (QED) is 0.751. The molecule has 15 heavy (non-hydrogen) atoms. The van der Waals surface area contributed by atoms with Crippen molar-refractivity contribution in [2.75, 3.05) is 0 Å². The van der Waals surface area contributed by atoms with Crippen molar-refractivity contribution in [1.29, 1.82) is 5.26 Å². The van der Waals surface area contributed by atoms with E-state index in [4.69, 9.17) is 5.26 Å². The number of Topliss-reactive ketones (excluding diaryl/α,β-unsaturated/α-hetero) is 1. The first-order chi connectivity index (χ1) is 7.17. The summed E-state index contributed by atoms with van der Waals surface area (Å²) in [6.45, 7) is 3.64. The fraction of sp³-hybridized carbons (Fsp3) is 0.385. The minimum atomic E-state index is 0.0824. The van der Waals surface area contributed by atoms with Crippen molar-refractivity contribution < 1.29 is 4.79 Å². The molecule has 0 aromatic heterocycles. The predicted octanol–water partition coefficient (Wildman–Crippen LogP) is 2.72. The lowest BCUT2D eigenvalue weighted by molar-refractivity contribution is -0.120. The van der Waals surface area contributed by atoms with Gasteiger partial charge in [0.25, 0.3) is 0 Å². The summed E-state index contributed by atoms with van der Waals surface area (Å²) in [5, 5.41) is 8.75. The van der Waals surface area contributed by atoms with Crippen molar-refractivity contribution in [1.82, 2.24) is 0 Å². The normalized spacial score (nSPS) is 11.8. The molecule has 1 rings (SSSR count). The van der Waals surface area contributed by atoms with Crippen molar-refractivity contribution >= 4 is 5.78 Å². The largest absolute Gasteiger partial charge is 0.300 e. The molecule has 2 nitrogen and oxygen atoms in total. The van der Waals surface area contributed by atoms with Crippen LogP contribution in [0.5, 0.6) is 0 Å². The van der Waals surface area contributed by atoms with Crippen molar-refractivity contribution in [3.05, 3.63) is 35.4 Å². The summed E-state index contributed by atoms with van der Waals surface area (Å²) in [6.07, 6.45) is 1.59. The minimum Gasteiger partial charge on any atom is -0.300 e. The van der Waals surface area contributed by atoms with Crippen LogP contribution in [0.3, 0.4) is 0 Å². The lowest BCUT2D eigenvalue weighted by Crippen LogP contribution is -2.12. The molecule has 78 valence electrons. The Bertz CT molecular complexity index is 390. The molecule has 0 radical (unpaired) electrons. The molecule has 0 saturated carbocycles. The number of hydrogen-bond acceptors (Lipinski definition) is 2. The molecule has 0 unspecified atom stereocenters. The van der Waals surface area contributed by atoms with E-state index in [1.165, 1.54) is 0 Å². The van der Waals surface area contributed by atoms with Gasteiger partial charge in [0.15, 0.2) is 0 Å². The van der Waals surface area contributed by atoms with Crippen LogP contribution in [0.1, 0.15) is 31.4 Å². The van der Waals surface area contributed by atoms with E-state index in [1.54, 1.807) is 13.0 Å². The highest BCUT2D eigenvalue weighted by Crippen LogP contribution is 2.14. The maximum Gasteiger partial charge on any atom is 0.133 e. The molecule has 0 aliphatic rings. The van der Waals surface area contributed by atoms with Gasteiger partial charge in [-0.2, -0.15) is 5.26 Å². The van der Waals surface area contributed by atoms with Gasteiger partial charge in [-0.25, -0.2) is 0 Å². The molecule has 0 aliphatic carbocycles. The zero-order valence-corrected chi connectivity index (χ0v) is 9.16. The monoisotopic (exact) mass is 201 g/mol. The summed E-state index contributed by atoms with van der Waals surface area (Å²) in [5.74, 6) is 0.304. The molecule has 1 aromatic carbocycles. The van der Waals surface area contributed by atoms with Gasteiger partial charge < -0.3 is 0 Å². The third-order valence-electron chi connectivity index (χ3n) is 2.61. The summed E-state index contributed by atoms with van der Waals surface area (Å²) in [7, 11) is 0. The summed E-state index contributed by atoms with van der Waals surface area (Å²) >= 11 is 0. The number of rotatable bonds is 4. The molecule has 0 N–H and O–H groups in total. The number of nitrogens with zero attached hydrogens (tertiary/aromatic N) is 1. The molecule has 0 aliphatic heterocycles. The van der Waals surface area contributed by atoms with Crippen molar-refractivity contribution in [2.45, 2.75) is 26.7 Å². The second-order valence-corrected chi connectivity index (χ2v) is 3.73. The van der Waals surface area contributed by atoms with Crippen LogP contribution in [-0.4, -0.2) is 5.78 Å². The van der Waals surface area contributed by atoms with Crippen LogP contribution >= 0.6 is 0 Å². The molecule has 0 fully saturated rings. The van der Waals surface area contributed by atoms with E-state index >= 15 is 0 Å². The van der Waals surface area contributed by atoms with E-state index in [1.807, 2.05) is 25.1 Å². The van der Waals surface area contributed by atoms with Crippen molar-refractivity contribution in [3.63, 3.8) is 0 Å². The van der Waals surface area contributed by atoms with Crippen LogP contribution in [0.2, 0.25) is 0 Å². The van der Waals surface area contributed by atoms with Crippen molar-refractivity contribution in [2.24, 2.45) is 5.92 Å². The highest BCUT2D eigenvalue weighted by molar-refractivity contribution is 5.78. The number of ketones is 1. The van der Waals surface area contributed by atoms with Crippen LogP contribution in [0.4, 0.5) is 0 Å². The van der Waals surface area contributed by atoms with E-state index in [-0.39, 0.29) is 11.7 Å². The Balaban J connectivity index is 2.80. The Morgan fingerprint density at radius 2 is 2.27 bits per heavy atom. The van der Waals surface area contributed by atoms with Gasteiger partial charge in [0.05, 0.1) is 11.6 Å². The lowest BCUT2D eigenvalue weighted by Gasteiger charge is -2.10. The standard InChI is InChI=1S/C13H15NO/c1-3-13(10(2)15)8-11-5-4-6-12(7-11)9-14/h4-7,13H,3,8H2,1-2H3/t13-/m0/s1. The van der Waals surface area contributed by atoms with E-state index < -0.39 is 0 Å². The Morgan fingerprint density at radius 1 is 1.53 bits per heavy atom. The second kappa shape index (κ2) is 5.31. The van der Waals surface area contributed by atoms with Gasteiger partial charge in [-0.3, -0.25) is 4.79 Å². The van der Waals surface area contributed by atoms with Gasteiger partial charge in [-0.05, 0) is 37.5 Å². The highest BCUT2D eigenvalue weighted by atomic mass is 16.1. The zero-order chi connectivity index (χ0) is 11.3. The Morgan fingerprint density at radius 3 is 2.80 bits per heavy atom. The van der Waals surface area contributed by atoms with Gasteiger partial charge in [-0.15, -0.1) is 0 Å². The molecule has 0 amide bonds. The highest BCUT2D eigenvalue weighted by Gasteiger charge is 2.12. The molecule has 2 heteroatoms. The average molecular weight is 201 g/mol. The molecule has 1 atom stereocenters. The zero-order valence-electron chi connectivity index (χ0n) is 9.16. The fourth-order valence-corrected chi connectivity index (χ4v) is 1.63. The van der Waals surface area contributed by atoms with Crippen LogP contribution < -0.4 is 0 Å². The Hall–Kier alpha value is -1.62. The molecule has 0 bridgehead atoms. The van der Waals surface area contributed by atoms with E-state index in [0.717, 1.165) is 18.4 Å². The van der Waals surface area contributed by atoms with Crippen molar-refractivity contribution in [3.8, 4) is 6.07 Å². The first kappa shape index (κ1) is 11.5. The van der Waals surface area contributed by atoms with Gasteiger partial charge in [0.2, 0.25) is 0 Å². The number of nitriles is 1. The molecule has 0 spiro atoms. The fourth-order valence-electron chi connectivity index (χ4n) is 1.63. The number of hydrogen-bond donors (Lipinski definition) is 0. The van der Waals surface area contributed by atoms with Gasteiger partial charge in [0, 0.05) is 5.92 Å². The smallest absolute Gasteiger partial charge is 0.133 e. The number of benzene rings is 1. The first-order valence-electron chi connectivity index (χ1n) is 5.16. The van der Waals surface area contributed by atoms with E-state index in [0.29, 0.717) is 5.56 Å². The minimum absolute atomic E-state index is 0.0824. The van der Waals surface area contributed by atoms with Gasteiger partial charge >= 0.3 is 0 Å². The van der Waals surface area contributed by atoms with Crippen LogP contribution in [0, 0.1) is 17.2 Å². The first-order valence-corrected chi connectivity index (χ1v) is 5.16. The molecule has 1 aromatic rings. The maximum atomic E-state index is 11.3. The molecular formula is C13H15NO. The molecular weight excluding hydrogens is 186 g/mol. The van der Waals surface area contributed by atoms with Gasteiger partial charge in [-0.1, -0.05) is 19.1 Å². The topological polar surface area (TPSA) is 40.9 Å². The SMILES string of the molecule is CC[C@@H](Cc1cccc(C#N)c1)C(C)=O. The Kier molecular flexibility index (Phi) is 4.05. The summed E-state index contributed by atoms with van der Waals surface area (Å²) in [5.41, 5.74) is 1.72. The maximum absolute atomic E-state index is 11.3. The van der Waals surface area contributed by atoms with E-state index in [9.17, 15) is 4.79 Å². The predicted molar refractivity (Wildman–Crippen MR) is 59.3 cm³/mol. The lowest BCUT2D eigenvalue weighted by atomic mass is 9.93. The molecule has 0 heterocycles. The Labute approximate surface area is 90.5 Å². The molecule has 0 saturated heterocycles. The van der Waals surface area contributed by atoms with Crippen LogP contribution in [0.15, 0.2) is 24.3 Å². The summed E-state index contributed by atoms with van der Waals surface area (Å²) < 4.78 is 0.